The Kier molecular flexibility index (Phi) is 5.59. The zero-order valence-corrected chi connectivity index (χ0v) is 9.90. The first-order valence-electron chi connectivity index (χ1n) is 5.66. The number of nitrogens with zero attached hydrogens (tertiary/aromatic N) is 1. The molecule has 0 aliphatic heterocycles. The molecule has 0 atom stereocenters. The minimum Gasteiger partial charge on any atom is -0.482 e. The molecule has 17 heavy (non-hydrogen) atoms. The van der Waals surface area contributed by atoms with Crippen LogP contribution in [0.5, 0.6) is 5.75 Å². The SMILES string of the molecule is CCCCNC(=O)COc1ccccc1C#N. The molecule has 4 heteroatoms. The predicted octanol–water partition coefficient (Wildman–Crippen LogP) is 1.85. The number of para-hydroxylation sites is 1. The quantitative estimate of drug-likeness (QED) is 0.761. The number of hydrogen-bond acceptors (Lipinski definition) is 3. The molecule has 1 amide bonds. The fourth-order valence-corrected chi connectivity index (χ4v) is 1.28. The van der Waals surface area contributed by atoms with Gasteiger partial charge < -0.3 is 10.1 Å². The van der Waals surface area contributed by atoms with Crippen molar-refractivity contribution in [1.29, 1.82) is 5.26 Å². The summed E-state index contributed by atoms with van der Waals surface area (Å²) < 4.78 is 5.29. The maximum atomic E-state index is 11.4. The van der Waals surface area contributed by atoms with Gasteiger partial charge in [0.2, 0.25) is 0 Å². The second-order valence-electron chi connectivity index (χ2n) is 3.60. The van der Waals surface area contributed by atoms with Crippen molar-refractivity contribution in [3.8, 4) is 11.8 Å². The average Bonchev–Trinajstić information content (AvgIpc) is 2.37. The van der Waals surface area contributed by atoms with Gasteiger partial charge in [0, 0.05) is 6.54 Å². The Balaban J connectivity index is 2.40. The number of ether oxygens (including phenoxy) is 1. The van der Waals surface area contributed by atoms with Gasteiger partial charge in [0.05, 0.1) is 5.56 Å². The summed E-state index contributed by atoms with van der Waals surface area (Å²) in [7, 11) is 0. The van der Waals surface area contributed by atoms with Gasteiger partial charge in [-0.2, -0.15) is 5.26 Å². The zero-order valence-electron chi connectivity index (χ0n) is 9.90. The first kappa shape index (κ1) is 13.0. The summed E-state index contributed by atoms with van der Waals surface area (Å²) in [5.41, 5.74) is 0.439. The molecule has 0 bridgehead atoms. The van der Waals surface area contributed by atoms with E-state index in [4.69, 9.17) is 10.00 Å². The van der Waals surface area contributed by atoms with Crippen LogP contribution < -0.4 is 10.1 Å². The van der Waals surface area contributed by atoms with Gasteiger partial charge in [-0.15, -0.1) is 0 Å². The van der Waals surface area contributed by atoms with E-state index in [0.29, 0.717) is 17.9 Å². The number of nitriles is 1. The van der Waals surface area contributed by atoms with Gasteiger partial charge in [-0.05, 0) is 18.6 Å². The van der Waals surface area contributed by atoms with Crippen LogP contribution in [-0.4, -0.2) is 19.1 Å². The van der Waals surface area contributed by atoms with Crippen molar-refractivity contribution in [2.24, 2.45) is 0 Å². The molecule has 1 aromatic carbocycles. The molecule has 4 nitrogen and oxygen atoms in total. The molecule has 1 rings (SSSR count). The van der Waals surface area contributed by atoms with E-state index in [-0.39, 0.29) is 12.5 Å². The second-order valence-corrected chi connectivity index (χ2v) is 3.60. The van der Waals surface area contributed by atoms with Crippen LogP contribution in [0.4, 0.5) is 0 Å². The Labute approximate surface area is 101 Å². The highest BCUT2D eigenvalue weighted by molar-refractivity contribution is 5.77. The molecule has 0 saturated heterocycles. The van der Waals surface area contributed by atoms with Crippen LogP contribution in [0.25, 0.3) is 0 Å². The Morgan fingerprint density at radius 1 is 1.47 bits per heavy atom. The summed E-state index contributed by atoms with van der Waals surface area (Å²) >= 11 is 0. The Morgan fingerprint density at radius 2 is 2.24 bits per heavy atom. The van der Waals surface area contributed by atoms with E-state index in [1.807, 2.05) is 6.07 Å². The highest BCUT2D eigenvalue weighted by Gasteiger charge is 2.05. The van der Waals surface area contributed by atoms with Gasteiger partial charge in [-0.25, -0.2) is 0 Å². The summed E-state index contributed by atoms with van der Waals surface area (Å²) in [4.78, 5) is 11.4. The molecule has 0 aliphatic carbocycles. The molecule has 0 fully saturated rings. The number of carbonyl (C=O) groups excluding carboxylic acids is 1. The van der Waals surface area contributed by atoms with E-state index >= 15 is 0 Å². The van der Waals surface area contributed by atoms with Gasteiger partial charge in [-0.1, -0.05) is 25.5 Å². The maximum Gasteiger partial charge on any atom is 0.257 e. The van der Waals surface area contributed by atoms with E-state index in [1.165, 1.54) is 0 Å². The van der Waals surface area contributed by atoms with Gasteiger partial charge in [0.15, 0.2) is 6.61 Å². The third kappa shape index (κ3) is 4.56. The lowest BCUT2D eigenvalue weighted by molar-refractivity contribution is -0.123. The van der Waals surface area contributed by atoms with Gasteiger partial charge >= 0.3 is 0 Å². The van der Waals surface area contributed by atoms with Gasteiger partial charge in [-0.3, -0.25) is 4.79 Å². The molecule has 0 saturated carbocycles. The molecular weight excluding hydrogens is 216 g/mol. The van der Waals surface area contributed by atoms with Crippen LogP contribution in [0, 0.1) is 11.3 Å². The fraction of sp³-hybridized carbons (Fsp3) is 0.385. The molecule has 0 heterocycles. The number of amides is 1. The van der Waals surface area contributed by atoms with Crippen molar-refractivity contribution in [3.63, 3.8) is 0 Å². The highest BCUT2D eigenvalue weighted by atomic mass is 16.5. The third-order valence-electron chi connectivity index (χ3n) is 2.22. The largest absolute Gasteiger partial charge is 0.482 e. The molecule has 0 aliphatic rings. The normalized spacial score (nSPS) is 9.41. The van der Waals surface area contributed by atoms with E-state index in [0.717, 1.165) is 12.8 Å². The topological polar surface area (TPSA) is 62.1 Å². The van der Waals surface area contributed by atoms with E-state index in [1.54, 1.807) is 24.3 Å². The number of unbranched alkanes of at least 4 members (excludes halogenated alkanes) is 1. The summed E-state index contributed by atoms with van der Waals surface area (Å²) in [5.74, 6) is 0.284. The Morgan fingerprint density at radius 3 is 2.94 bits per heavy atom. The zero-order chi connectivity index (χ0) is 12.5. The van der Waals surface area contributed by atoms with Crippen molar-refractivity contribution in [1.82, 2.24) is 5.32 Å². The van der Waals surface area contributed by atoms with Crippen LogP contribution in [0.1, 0.15) is 25.3 Å². The summed E-state index contributed by atoms with van der Waals surface area (Å²) in [5, 5.41) is 11.6. The second kappa shape index (κ2) is 7.29. The van der Waals surface area contributed by atoms with Crippen molar-refractivity contribution in [3.05, 3.63) is 29.8 Å². The lowest BCUT2D eigenvalue weighted by Crippen LogP contribution is -2.29. The molecule has 0 unspecified atom stereocenters. The van der Waals surface area contributed by atoms with E-state index in [2.05, 4.69) is 12.2 Å². The molecule has 0 spiro atoms. The van der Waals surface area contributed by atoms with Crippen molar-refractivity contribution in [2.45, 2.75) is 19.8 Å². The van der Waals surface area contributed by atoms with Crippen LogP contribution in [-0.2, 0) is 4.79 Å². The van der Waals surface area contributed by atoms with Crippen molar-refractivity contribution < 1.29 is 9.53 Å². The minimum atomic E-state index is -0.161. The number of rotatable bonds is 6. The molecule has 0 aromatic heterocycles. The highest BCUT2D eigenvalue weighted by Crippen LogP contribution is 2.15. The number of carbonyl (C=O) groups is 1. The molecule has 90 valence electrons. The van der Waals surface area contributed by atoms with E-state index < -0.39 is 0 Å². The van der Waals surface area contributed by atoms with Gasteiger partial charge in [0.1, 0.15) is 11.8 Å². The average molecular weight is 232 g/mol. The Bertz CT molecular complexity index is 410. The first-order valence-corrected chi connectivity index (χ1v) is 5.66. The first-order chi connectivity index (χ1) is 8.27. The summed E-state index contributed by atoms with van der Waals surface area (Å²) in [6, 6.07) is 8.88. The van der Waals surface area contributed by atoms with Crippen LogP contribution >= 0.6 is 0 Å². The lowest BCUT2D eigenvalue weighted by Gasteiger charge is -2.07. The molecule has 0 radical (unpaired) electrons. The van der Waals surface area contributed by atoms with Crippen LogP contribution in [0.3, 0.4) is 0 Å². The molecular formula is C13H16N2O2. The van der Waals surface area contributed by atoms with Crippen molar-refractivity contribution >= 4 is 5.91 Å². The Hall–Kier alpha value is -2.02. The van der Waals surface area contributed by atoms with Crippen molar-refractivity contribution in [2.75, 3.05) is 13.2 Å². The minimum absolute atomic E-state index is 0.0532. The number of nitrogens with one attached hydrogen (secondary N) is 1. The van der Waals surface area contributed by atoms with Crippen LogP contribution in [0.2, 0.25) is 0 Å². The maximum absolute atomic E-state index is 11.4. The standard InChI is InChI=1S/C13H16N2O2/c1-2-3-8-15-13(16)10-17-12-7-5-4-6-11(12)9-14/h4-7H,2-3,8,10H2,1H3,(H,15,16). The molecule has 1 aromatic rings. The number of benzene rings is 1. The predicted molar refractivity (Wildman–Crippen MR) is 64.6 cm³/mol. The smallest absolute Gasteiger partial charge is 0.257 e. The summed E-state index contributed by atoms with van der Waals surface area (Å²) in [6.45, 7) is 2.67. The van der Waals surface area contributed by atoms with Crippen LogP contribution in [0.15, 0.2) is 24.3 Å². The number of hydrogen-bond donors (Lipinski definition) is 1. The van der Waals surface area contributed by atoms with E-state index in [9.17, 15) is 4.79 Å². The third-order valence-corrected chi connectivity index (χ3v) is 2.22. The monoisotopic (exact) mass is 232 g/mol. The fourth-order valence-electron chi connectivity index (χ4n) is 1.28. The summed E-state index contributed by atoms with van der Waals surface area (Å²) in [6.07, 6.45) is 2.00. The van der Waals surface area contributed by atoms with Gasteiger partial charge in [0.25, 0.3) is 5.91 Å². The molecule has 1 N–H and O–H groups in total. The lowest BCUT2D eigenvalue weighted by atomic mass is 10.2.